The van der Waals surface area contributed by atoms with Gasteiger partial charge in [-0.15, -0.1) is 0 Å². The summed E-state index contributed by atoms with van der Waals surface area (Å²) in [7, 11) is 1.82. The van der Waals surface area contributed by atoms with Crippen molar-refractivity contribution in [3.05, 3.63) is 88.1 Å². The average Bonchev–Trinajstić information content (AvgIpc) is 2.57. The van der Waals surface area contributed by atoms with Gasteiger partial charge in [0, 0.05) is 77.2 Å². The lowest BCUT2D eigenvalue weighted by atomic mass is 9.83. The van der Waals surface area contributed by atoms with Gasteiger partial charge < -0.3 is 58.1 Å². The van der Waals surface area contributed by atoms with Crippen molar-refractivity contribution in [2.45, 2.75) is 135 Å². The molecule has 3 aliphatic heterocycles. The number of rotatable bonds is 24. The molecule has 0 aliphatic carbocycles. The second-order valence-corrected chi connectivity index (χ2v) is 23.8. The molecule has 4 bridgehead atoms. The molecule has 452 valence electrons. The number of ketones is 1. The van der Waals surface area contributed by atoms with Crippen LogP contribution in [0.2, 0.25) is 5.02 Å². The van der Waals surface area contributed by atoms with Crippen LogP contribution in [0.25, 0.3) is 10.9 Å². The molecule has 22 nitrogen and oxygen atoms in total. The Morgan fingerprint density at radius 3 is 2.44 bits per heavy atom. The Kier molecular flexibility index (Phi) is 22.9. The van der Waals surface area contributed by atoms with Crippen molar-refractivity contribution in [2.24, 2.45) is 11.8 Å². The topological polar surface area (TPSA) is 274 Å². The Morgan fingerprint density at radius 1 is 1.04 bits per heavy atom. The summed E-state index contributed by atoms with van der Waals surface area (Å²) < 4.78 is 70.5. The third-order valence-corrected chi connectivity index (χ3v) is 17.0. The lowest BCUT2D eigenvalue weighted by Crippen LogP contribution is -2.63. The van der Waals surface area contributed by atoms with Gasteiger partial charge in [0.15, 0.2) is 5.72 Å². The van der Waals surface area contributed by atoms with E-state index in [0.717, 1.165) is 39.8 Å². The van der Waals surface area contributed by atoms with Gasteiger partial charge in [-0.25, -0.2) is 9.59 Å². The van der Waals surface area contributed by atoms with Gasteiger partial charge in [0.25, 0.3) is 10.1 Å². The number of ether oxygens (including phenoxy) is 6. The first-order chi connectivity index (χ1) is 38.7. The molecule has 2 fully saturated rings. The molecule has 0 spiro atoms. The van der Waals surface area contributed by atoms with Crippen molar-refractivity contribution in [1.82, 2.24) is 25.0 Å². The predicted molar refractivity (Wildman–Crippen MR) is 306 cm³/mol. The van der Waals surface area contributed by atoms with E-state index in [-0.39, 0.29) is 64.4 Å². The summed E-state index contributed by atoms with van der Waals surface area (Å²) in [4.78, 5) is 85.9. The van der Waals surface area contributed by atoms with E-state index < -0.39 is 106 Å². The fourth-order valence-electron chi connectivity index (χ4n) is 10.4. The first-order valence-corrected chi connectivity index (χ1v) is 29.6. The van der Waals surface area contributed by atoms with E-state index in [1.807, 2.05) is 70.3 Å². The van der Waals surface area contributed by atoms with Crippen LogP contribution in [0.4, 0.5) is 10.5 Å². The Balaban J connectivity index is 0.996. The number of hydrogen-bond donors (Lipinski definition) is 4. The summed E-state index contributed by atoms with van der Waals surface area (Å²) in [5.74, 6) is -5.63. The van der Waals surface area contributed by atoms with Gasteiger partial charge in [0.2, 0.25) is 17.7 Å². The number of benzene rings is 2. The van der Waals surface area contributed by atoms with Gasteiger partial charge in [-0.2, -0.15) is 8.42 Å². The van der Waals surface area contributed by atoms with E-state index in [4.69, 9.17) is 40.0 Å². The molecule has 0 radical (unpaired) electrons. The highest BCUT2D eigenvalue weighted by Crippen LogP contribution is 2.49. The Bertz CT molecular complexity index is 2970. The van der Waals surface area contributed by atoms with E-state index in [0.29, 0.717) is 30.2 Å². The quantitative estimate of drug-likeness (QED) is 0.0383. The number of aryl methyl sites for hydroxylation is 2. The first-order valence-electron chi connectivity index (χ1n) is 27.6. The molecular weight excluding hydrogens is 1100 g/mol. The molecule has 0 saturated carbocycles. The zero-order valence-electron chi connectivity index (χ0n) is 48.6. The van der Waals surface area contributed by atoms with Crippen molar-refractivity contribution in [3.63, 3.8) is 0 Å². The Morgan fingerprint density at radius 2 is 1.74 bits per heavy atom. The van der Waals surface area contributed by atoms with E-state index in [2.05, 4.69) is 26.2 Å². The number of aliphatic hydroxyl groups is 1. The molecule has 24 heteroatoms. The normalized spacial score (nSPS) is 25.0. The minimum atomic E-state index is -4.60. The van der Waals surface area contributed by atoms with E-state index in [1.54, 1.807) is 33.0 Å². The number of hydrogen-bond acceptors (Lipinski definition) is 16. The van der Waals surface area contributed by atoms with Crippen LogP contribution in [0.1, 0.15) is 83.5 Å². The maximum absolute atomic E-state index is 14.3. The minimum absolute atomic E-state index is 0.00484. The zero-order chi connectivity index (χ0) is 60.3. The van der Waals surface area contributed by atoms with Gasteiger partial charge in [-0.1, -0.05) is 73.5 Å². The number of Topliss-reactive ketones (excluding diaryl/α,β-unsaturated/α-hetero) is 1. The van der Waals surface area contributed by atoms with Crippen LogP contribution >= 0.6 is 11.6 Å². The molecule has 1 unspecified atom stereocenters. The molecule has 3 aliphatic rings. The van der Waals surface area contributed by atoms with Gasteiger partial charge in [-0.05, 0) is 82.4 Å². The lowest BCUT2D eigenvalue weighted by molar-refractivity contribution is -0.162. The number of esters is 1. The second kappa shape index (κ2) is 28.7. The Hall–Kier alpha value is -5.76. The number of epoxide rings is 1. The molecule has 1 aromatic heterocycles. The summed E-state index contributed by atoms with van der Waals surface area (Å²) in [5.41, 5.74) is 1.78. The van der Waals surface area contributed by atoms with Crippen molar-refractivity contribution in [3.8, 4) is 0 Å². The largest absolute Gasteiger partial charge is 0.457 e. The number of alkyl carbamates (subject to hydrolysis) is 1. The van der Waals surface area contributed by atoms with Gasteiger partial charge in [-0.3, -0.25) is 29.0 Å². The van der Waals surface area contributed by atoms with Gasteiger partial charge in [0.05, 0.1) is 67.8 Å². The Labute approximate surface area is 485 Å². The molecule has 9 atom stereocenters. The van der Waals surface area contributed by atoms with Crippen LogP contribution in [0.5, 0.6) is 0 Å². The van der Waals surface area contributed by atoms with Crippen molar-refractivity contribution in [2.75, 3.05) is 78.4 Å². The molecule has 6 rings (SSSR count). The summed E-state index contributed by atoms with van der Waals surface area (Å²) >= 11 is 6.83. The smallest absolute Gasteiger partial charge is 0.409 e. The molecule has 82 heavy (non-hydrogen) atoms. The second-order valence-electron chi connectivity index (χ2n) is 21.9. The molecule has 4 amide bonds. The van der Waals surface area contributed by atoms with Crippen molar-refractivity contribution in [1.29, 1.82) is 0 Å². The van der Waals surface area contributed by atoms with Crippen LogP contribution in [-0.2, 0) is 82.0 Å². The number of allylic oxidation sites excluding steroid dienone is 3. The molecule has 2 saturated heterocycles. The van der Waals surface area contributed by atoms with Crippen LogP contribution in [0.3, 0.4) is 0 Å². The number of aromatic nitrogens is 1. The summed E-state index contributed by atoms with van der Waals surface area (Å²) in [6, 6.07) is 12.5. The third kappa shape index (κ3) is 17.2. The van der Waals surface area contributed by atoms with E-state index in [1.165, 1.54) is 30.9 Å². The monoisotopic (exact) mass is 1180 g/mol. The van der Waals surface area contributed by atoms with Crippen LogP contribution in [0, 0.1) is 18.8 Å². The van der Waals surface area contributed by atoms with E-state index >= 15 is 0 Å². The summed E-state index contributed by atoms with van der Waals surface area (Å²) in [6.45, 7) is 12.6. The van der Waals surface area contributed by atoms with Crippen LogP contribution in [0.15, 0.2) is 66.3 Å². The molecule has 3 aromatic rings. The van der Waals surface area contributed by atoms with E-state index in [9.17, 15) is 46.8 Å². The molecule has 2 aromatic carbocycles. The fourth-order valence-corrected chi connectivity index (χ4v) is 11.5. The van der Waals surface area contributed by atoms with Crippen LogP contribution in [-0.4, -0.2) is 183 Å². The number of halogens is 1. The minimum Gasteiger partial charge on any atom is -0.457 e. The maximum atomic E-state index is 14.3. The fraction of sp³-hybridized carbons (Fsp3) is 0.586. The van der Waals surface area contributed by atoms with Crippen molar-refractivity contribution < 1.29 is 75.3 Å². The SMILES string of the molecule is CCN(C)Cc1cc2ccccc2n1CCC(=O)C[C@@H](CS(=O)(=O)O)C(=O)NCCOCCOCCC(=O)N(C)[C@@H](C)C(=O)O[C@H]1CC(=O)N(C)c2cc(cc(C)c2Cl)C/C(C)=C/C=C/[C@@H](OC)[C@]2(O)C[C@H](OC(=O)N2)[C@@H](C)C2O[C@]21C. The van der Waals surface area contributed by atoms with Crippen molar-refractivity contribution >= 4 is 73.9 Å². The number of fused-ring (bicyclic) bond motifs is 6. The summed E-state index contributed by atoms with van der Waals surface area (Å²) in [5, 5.41) is 18.3. The number of anilines is 1. The number of carbonyl (C=O) groups excluding carboxylic acids is 6. The highest BCUT2D eigenvalue weighted by molar-refractivity contribution is 7.85. The summed E-state index contributed by atoms with van der Waals surface area (Å²) in [6.07, 6.45) is 0.109. The van der Waals surface area contributed by atoms with Crippen LogP contribution < -0.4 is 15.5 Å². The molecule has 4 N–H and O–H groups in total. The standard InChI is InChI=1S/C58H81ClN6O16S/c1-11-62(7)34-43-30-41-16-12-13-17-45(41)65(43)22-19-44(66)31-42(35-82(73,74)75)54(69)60-21-24-78-26-25-77-23-20-50(67)63(8)39(5)55(70)80-49-32-51(68)64(9)46-29-40(28-37(3)52(46)59)27-36(2)15-14-18-48(76-10)58(72)33-47(79-56(71)61-58)38(4)53-57(49,6)81-53/h12-18,28-30,38-39,42,47-49,53,72H,11,19-27,31-35H2,1-10H3,(H,60,69)(H,61,71)(H,73,74,75)/b18-14+,36-15+/t38-,39+,42+,47+,48-,49+,53?,57+,58-/m1/s1. The number of methoxy groups -OCH3 is 1. The zero-order valence-corrected chi connectivity index (χ0v) is 50.2. The first kappa shape index (κ1) is 65.4. The lowest BCUT2D eigenvalue weighted by Gasteiger charge is -2.42. The molecule has 4 heterocycles. The number of carbonyl (C=O) groups is 6. The van der Waals surface area contributed by atoms with Gasteiger partial charge in [0.1, 0.15) is 35.7 Å². The number of nitrogens with one attached hydrogen (secondary N) is 2. The number of likely N-dealkylation sites (N-methyl/N-ethyl adjacent to an activating group) is 1. The average molecular weight is 1190 g/mol. The van der Waals surface area contributed by atoms with Gasteiger partial charge >= 0.3 is 12.1 Å². The number of amides is 4. The number of nitrogens with zero attached hydrogens (tertiary/aromatic N) is 4. The third-order valence-electron chi connectivity index (χ3n) is 15.6. The number of para-hydroxylation sites is 1. The highest BCUT2D eigenvalue weighted by Gasteiger charge is 2.64. The maximum Gasteiger partial charge on any atom is 0.409 e. The highest BCUT2D eigenvalue weighted by atomic mass is 35.5. The molecular formula is C58H81ClN6O16S. The predicted octanol–water partition coefficient (Wildman–Crippen LogP) is 5.31.